The van der Waals surface area contributed by atoms with Crippen molar-refractivity contribution in [2.24, 2.45) is 4.99 Å². The van der Waals surface area contributed by atoms with Crippen LogP contribution in [0, 0.1) is 6.92 Å². The van der Waals surface area contributed by atoms with Crippen LogP contribution >= 0.6 is 0 Å². The lowest BCUT2D eigenvalue weighted by Gasteiger charge is -2.09. The fourth-order valence-electron chi connectivity index (χ4n) is 2.41. The molecule has 22 heavy (non-hydrogen) atoms. The smallest absolute Gasteiger partial charge is 0.0781 e. The molecule has 3 rings (SSSR count). The molecule has 3 aromatic rings. The molecule has 0 heterocycles. The molecule has 0 amide bonds. The lowest BCUT2D eigenvalue weighted by molar-refractivity contribution is 1.39. The summed E-state index contributed by atoms with van der Waals surface area (Å²) < 4.78 is 0. The Morgan fingerprint density at radius 3 is 1.82 bits per heavy atom. The maximum absolute atomic E-state index is 5.83. The van der Waals surface area contributed by atoms with Crippen LogP contribution in [-0.4, -0.2) is 5.71 Å². The van der Waals surface area contributed by atoms with Gasteiger partial charge in [0.1, 0.15) is 0 Å². The van der Waals surface area contributed by atoms with Crippen LogP contribution in [0.4, 0.5) is 11.4 Å². The van der Waals surface area contributed by atoms with Crippen molar-refractivity contribution in [2.75, 3.05) is 5.73 Å². The molecule has 0 aliphatic rings. The van der Waals surface area contributed by atoms with Crippen molar-refractivity contribution >= 4 is 17.1 Å². The van der Waals surface area contributed by atoms with Gasteiger partial charge in [0.15, 0.2) is 0 Å². The van der Waals surface area contributed by atoms with Gasteiger partial charge in [0.2, 0.25) is 0 Å². The molecule has 0 saturated heterocycles. The van der Waals surface area contributed by atoms with Gasteiger partial charge in [0.25, 0.3) is 0 Å². The third-order valence-corrected chi connectivity index (χ3v) is 3.55. The van der Waals surface area contributed by atoms with E-state index in [1.54, 1.807) is 0 Å². The van der Waals surface area contributed by atoms with Gasteiger partial charge >= 0.3 is 0 Å². The Hall–Kier alpha value is -2.87. The lowest BCUT2D eigenvalue weighted by atomic mass is 10.0. The van der Waals surface area contributed by atoms with Gasteiger partial charge < -0.3 is 5.73 Å². The topological polar surface area (TPSA) is 38.4 Å². The zero-order valence-corrected chi connectivity index (χ0v) is 12.5. The van der Waals surface area contributed by atoms with E-state index >= 15 is 0 Å². The van der Waals surface area contributed by atoms with E-state index in [9.17, 15) is 0 Å². The fraction of sp³-hybridized carbons (Fsp3) is 0.0500. The van der Waals surface area contributed by atoms with Crippen LogP contribution in [-0.2, 0) is 0 Å². The summed E-state index contributed by atoms with van der Waals surface area (Å²) in [5, 5.41) is 0. The highest BCUT2D eigenvalue weighted by Crippen LogP contribution is 2.23. The van der Waals surface area contributed by atoms with Crippen LogP contribution in [0.15, 0.2) is 83.9 Å². The quantitative estimate of drug-likeness (QED) is 0.548. The average molecular weight is 286 g/mol. The summed E-state index contributed by atoms with van der Waals surface area (Å²) in [4.78, 5) is 4.90. The zero-order valence-electron chi connectivity index (χ0n) is 12.5. The van der Waals surface area contributed by atoms with Gasteiger partial charge in [-0.2, -0.15) is 0 Å². The second kappa shape index (κ2) is 6.27. The van der Waals surface area contributed by atoms with E-state index in [4.69, 9.17) is 10.7 Å². The highest BCUT2D eigenvalue weighted by Gasteiger charge is 2.07. The zero-order chi connectivity index (χ0) is 15.4. The number of aliphatic imine (C=N–C) groups is 1. The van der Waals surface area contributed by atoms with Crippen molar-refractivity contribution in [1.82, 2.24) is 0 Å². The average Bonchev–Trinajstić information content (AvgIpc) is 2.56. The van der Waals surface area contributed by atoms with E-state index in [2.05, 4.69) is 24.3 Å². The highest BCUT2D eigenvalue weighted by molar-refractivity contribution is 6.14. The Labute approximate surface area is 131 Å². The summed E-state index contributed by atoms with van der Waals surface area (Å²) >= 11 is 0. The number of hydrogen-bond donors (Lipinski definition) is 1. The minimum atomic E-state index is 0.762. The first-order valence-electron chi connectivity index (χ1n) is 7.30. The number of nitrogens with two attached hydrogens (primary N) is 1. The second-order valence-corrected chi connectivity index (χ2v) is 5.24. The maximum Gasteiger partial charge on any atom is 0.0781 e. The summed E-state index contributed by atoms with van der Waals surface area (Å²) in [7, 11) is 0. The van der Waals surface area contributed by atoms with Crippen molar-refractivity contribution in [1.29, 1.82) is 0 Å². The number of benzene rings is 3. The van der Waals surface area contributed by atoms with Crippen LogP contribution in [0.3, 0.4) is 0 Å². The SMILES string of the molecule is Cc1cc(N)ccc1N=C(c1ccccc1)c1ccccc1. The van der Waals surface area contributed by atoms with Gasteiger partial charge in [0, 0.05) is 16.8 Å². The van der Waals surface area contributed by atoms with Crippen molar-refractivity contribution in [3.05, 3.63) is 95.6 Å². The molecule has 2 heteroatoms. The monoisotopic (exact) mass is 286 g/mol. The van der Waals surface area contributed by atoms with E-state index in [-0.39, 0.29) is 0 Å². The van der Waals surface area contributed by atoms with Crippen molar-refractivity contribution in [3.63, 3.8) is 0 Å². The molecule has 0 bridgehead atoms. The normalized spacial score (nSPS) is 10.2. The van der Waals surface area contributed by atoms with Crippen LogP contribution in [0.25, 0.3) is 0 Å². The number of anilines is 1. The van der Waals surface area contributed by atoms with Gasteiger partial charge in [-0.15, -0.1) is 0 Å². The summed E-state index contributed by atoms with van der Waals surface area (Å²) in [5.41, 5.74) is 11.8. The molecule has 108 valence electrons. The highest BCUT2D eigenvalue weighted by atomic mass is 14.8. The molecule has 2 N–H and O–H groups in total. The summed E-state index contributed by atoms with van der Waals surface area (Å²) in [6.07, 6.45) is 0. The minimum Gasteiger partial charge on any atom is -0.399 e. The summed E-state index contributed by atoms with van der Waals surface area (Å²) in [6.45, 7) is 2.03. The molecule has 0 saturated carbocycles. The van der Waals surface area contributed by atoms with Gasteiger partial charge in [-0.1, -0.05) is 60.7 Å². The lowest BCUT2D eigenvalue weighted by Crippen LogP contribution is -2.02. The van der Waals surface area contributed by atoms with E-state index in [0.717, 1.165) is 33.8 Å². The number of hydrogen-bond acceptors (Lipinski definition) is 2. The van der Waals surface area contributed by atoms with Crippen LogP contribution in [0.5, 0.6) is 0 Å². The Morgan fingerprint density at radius 1 is 0.773 bits per heavy atom. The molecule has 0 atom stereocenters. The molecule has 0 radical (unpaired) electrons. The van der Waals surface area contributed by atoms with E-state index in [1.165, 1.54) is 0 Å². The molecule has 0 unspecified atom stereocenters. The number of rotatable bonds is 3. The first-order chi connectivity index (χ1) is 10.7. The van der Waals surface area contributed by atoms with Gasteiger partial charge in [-0.05, 0) is 30.7 Å². The summed E-state index contributed by atoms with van der Waals surface area (Å²) in [6, 6.07) is 26.3. The first kappa shape index (κ1) is 14.1. The van der Waals surface area contributed by atoms with E-state index in [0.29, 0.717) is 0 Å². The summed E-state index contributed by atoms with van der Waals surface area (Å²) in [5.74, 6) is 0. The Bertz CT molecular complexity index is 749. The van der Waals surface area contributed by atoms with Crippen molar-refractivity contribution < 1.29 is 0 Å². The molecule has 3 aromatic carbocycles. The van der Waals surface area contributed by atoms with Crippen molar-refractivity contribution in [2.45, 2.75) is 6.92 Å². The molecule has 0 spiro atoms. The third-order valence-electron chi connectivity index (χ3n) is 3.55. The molecule has 0 aromatic heterocycles. The van der Waals surface area contributed by atoms with Crippen molar-refractivity contribution in [3.8, 4) is 0 Å². The van der Waals surface area contributed by atoms with Crippen LogP contribution in [0.2, 0.25) is 0 Å². The number of aryl methyl sites for hydroxylation is 1. The Kier molecular flexibility index (Phi) is 4.01. The first-order valence-corrected chi connectivity index (χ1v) is 7.30. The largest absolute Gasteiger partial charge is 0.399 e. The minimum absolute atomic E-state index is 0.762. The predicted molar refractivity (Wildman–Crippen MR) is 93.8 cm³/mol. The molecular formula is C20H18N2. The standard InChI is InChI=1S/C20H18N2/c1-15-14-18(21)12-13-19(15)22-20(16-8-4-2-5-9-16)17-10-6-3-7-11-17/h2-14H,21H2,1H3. The fourth-order valence-corrected chi connectivity index (χ4v) is 2.41. The Balaban J connectivity index is 2.15. The maximum atomic E-state index is 5.83. The number of nitrogens with zero attached hydrogens (tertiary/aromatic N) is 1. The molecule has 0 fully saturated rings. The third kappa shape index (κ3) is 3.07. The number of nitrogen functional groups attached to an aromatic ring is 1. The molecular weight excluding hydrogens is 268 g/mol. The van der Waals surface area contributed by atoms with Gasteiger partial charge in [-0.25, -0.2) is 4.99 Å². The molecule has 2 nitrogen and oxygen atoms in total. The van der Waals surface area contributed by atoms with Gasteiger partial charge in [-0.3, -0.25) is 0 Å². The van der Waals surface area contributed by atoms with E-state index < -0.39 is 0 Å². The van der Waals surface area contributed by atoms with Crippen LogP contribution < -0.4 is 5.73 Å². The molecule has 0 aliphatic carbocycles. The Morgan fingerprint density at radius 2 is 1.32 bits per heavy atom. The van der Waals surface area contributed by atoms with Gasteiger partial charge in [0.05, 0.1) is 11.4 Å². The van der Waals surface area contributed by atoms with E-state index in [1.807, 2.05) is 61.5 Å². The second-order valence-electron chi connectivity index (χ2n) is 5.24. The molecule has 0 aliphatic heterocycles. The van der Waals surface area contributed by atoms with Crippen LogP contribution in [0.1, 0.15) is 16.7 Å². The predicted octanol–water partition coefficient (Wildman–Crippen LogP) is 4.75.